The molecule has 1 aliphatic carbocycles. The second-order valence-electron chi connectivity index (χ2n) is 7.67. The van der Waals surface area contributed by atoms with Gasteiger partial charge in [-0.2, -0.15) is 0 Å². The first kappa shape index (κ1) is 21.4. The van der Waals surface area contributed by atoms with Gasteiger partial charge in [-0.15, -0.1) is 22.9 Å². The summed E-state index contributed by atoms with van der Waals surface area (Å²) in [4.78, 5) is 13.4. The molecular weight excluding hydrogens is 392 g/mol. The quantitative estimate of drug-likeness (QED) is 0.431. The number of rotatable bonds is 9. The Balaban J connectivity index is 1.48. The van der Waals surface area contributed by atoms with Gasteiger partial charge >= 0.3 is 5.97 Å². The van der Waals surface area contributed by atoms with Crippen LogP contribution in [0.1, 0.15) is 52.2 Å². The third kappa shape index (κ3) is 5.59. The van der Waals surface area contributed by atoms with E-state index in [1.54, 1.807) is 0 Å². The lowest BCUT2D eigenvalue weighted by Gasteiger charge is -2.23. The Morgan fingerprint density at radius 3 is 2.57 bits per heavy atom. The lowest BCUT2D eigenvalue weighted by molar-refractivity contribution is 0.0606. The van der Waals surface area contributed by atoms with Gasteiger partial charge in [0.2, 0.25) is 0 Å². The van der Waals surface area contributed by atoms with Crippen LogP contribution >= 0.6 is 22.9 Å². The van der Waals surface area contributed by atoms with Crippen LogP contribution in [-0.2, 0) is 17.6 Å². The summed E-state index contributed by atoms with van der Waals surface area (Å²) < 4.78 is 4.77. The van der Waals surface area contributed by atoms with Crippen LogP contribution in [0.2, 0.25) is 0 Å². The molecule has 5 heteroatoms. The monoisotopic (exact) mass is 420 g/mol. The van der Waals surface area contributed by atoms with E-state index in [4.69, 9.17) is 16.3 Å². The van der Waals surface area contributed by atoms with Gasteiger partial charge in [-0.25, -0.2) is 4.79 Å². The Kier molecular flexibility index (Phi) is 7.95. The third-order valence-electron chi connectivity index (χ3n) is 5.83. The Morgan fingerprint density at radius 2 is 1.82 bits per heavy atom. The number of aryl methyl sites for hydroxylation is 2. The highest BCUT2D eigenvalue weighted by Gasteiger charge is 2.40. The van der Waals surface area contributed by atoms with Crippen LogP contribution in [-0.4, -0.2) is 29.7 Å². The topological polar surface area (TPSA) is 46.5 Å². The summed E-state index contributed by atoms with van der Waals surface area (Å²) in [5.41, 5.74) is 1.35. The van der Waals surface area contributed by atoms with E-state index in [-0.39, 0.29) is 17.5 Å². The SMILES string of the molecule is COC(=O)c1ccc(CCC[C@@H]2[C@@H](CCCc3ccccc3)[C@H](O)C[C@H]2Cl)s1. The van der Waals surface area contributed by atoms with Gasteiger partial charge < -0.3 is 9.84 Å². The normalized spacial score (nSPS) is 24.4. The fourth-order valence-corrected chi connectivity index (χ4v) is 5.82. The lowest BCUT2D eigenvalue weighted by atomic mass is 9.85. The maximum atomic E-state index is 11.6. The molecule has 0 spiro atoms. The Hall–Kier alpha value is -1.36. The zero-order chi connectivity index (χ0) is 19.9. The number of carbonyl (C=O) groups excluding carboxylic acids is 1. The Labute approximate surface area is 176 Å². The predicted molar refractivity (Wildman–Crippen MR) is 115 cm³/mol. The molecule has 1 N–H and O–H groups in total. The summed E-state index contributed by atoms with van der Waals surface area (Å²) in [7, 11) is 1.41. The van der Waals surface area contributed by atoms with Crippen molar-refractivity contribution in [3.8, 4) is 0 Å². The zero-order valence-electron chi connectivity index (χ0n) is 16.4. The summed E-state index contributed by atoms with van der Waals surface area (Å²) in [5.74, 6) is 0.391. The van der Waals surface area contributed by atoms with Gasteiger partial charge in [0.05, 0.1) is 13.2 Å². The molecule has 2 aromatic rings. The van der Waals surface area contributed by atoms with E-state index < -0.39 is 0 Å². The lowest BCUT2D eigenvalue weighted by Crippen LogP contribution is -2.21. The first-order valence-electron chi connectivity index (χ1n) is 10.1. The molecule has 28 heavy (non-hydrogen) atoms. The molecule has 1 aromatic carbocycles. The maximum absolute atomic E-state index is 11.6. The van der Waals surface area contributed by atoms with E-state index in [2.05, 4.69) is 24.3 Å². The average Bonchev–Trinajstić information content (AvgIpc) is 3.27. The molecule has 1 aliphatic rings. The van der Waals surface area contributed by atoms with E-state index in [1.165, 1.54) is 28.9 Å². The van der Waals surface area contributed by atoms with Gasteiger partial charge in [0.25, 0.3) is 0 Å². The van der Waals surface area contributed by atoms with Crippen molar-refractivity contribution in [3.63, 3.8) is 0 Å². The number of hydrogen-bond donors (Lipinski definition) is 1. The summed E-state index contributed by atoms with van der Waals surface area (Å²) >= 11 is 8.10. The molecule has 0 bridgehead atoms. The van der Waals surface area contributed by atoms with Crippen molar-refractivity contribution in [1.29, 1.82) is 0 Å². The minimum absolute atomic E-state index is 0.0608. The molecule has 3 nitrogen and oxygen atoms in total. The molecule has 1 aromatic heterocycles. The third-order valence-corrected chi connectivity index (χ3v) is 7.46. The van der Waals surface area contributed by atoms with E-state index in [0.29, 0.717) is 23.1 Å². The van der Waals surface area contributed by atoms with Gasteiger partial charge in [-0.05, 0) is 74.5 Å². The highest BCUT2D eigenvalue weighted by Crippen LogP contribution is 2.41. The molecule has 0 radical (unpaired) electrons. The molecule has 152 valence electrons. The smallest absolute Gasteiger partial charge is 0.348 e. The number of benzene rings is 1. The van der Waals surface area contributed by atoms with Crippen molar-refractivity contribution < 1.29 is 14.6 Å². The Morgan fingerprint density at radius 1 is 1.11 bits per heavy atom. The minimum Gasteiger partial charge on any atom is -0.465 e. The van der Waals surface area contributed by atoms with Crippen molar-refractivity contribution >= 4 is 28.9 Å². The van der Waals surface area contributed by atoms with E-state index in [1.807, 2.05) is 18.2 Å². The second kappa shape index (κ2) is 10.4. The number of ether oxygens (including phenoxy) is 1. The fraction of sp³-hybridized carbons (Fsp3) is 0.522. The maximum Gasteiger partial charge on any atom is 0.348 e. The van der Waals surface area contributed by atoms with Crippen molar-refractivity contribution in [1.82, 2.24) is 0 Å². The number of hydrogen-bond acceptors (Lipinski definition) is 4. The first-order valence-corrected chi connectivity index (χ1v) is 11.4. The second-order valence-corrected chi connectivity index (χ2v) is 9.40. The van der Waals surface area contributed by atoms with Crippen LogP contribution in [0.15, 0.2) is 42.5 Å². The summed E-state index contributed by atoms with van der Waals surface area (Å²) in [6, 6.07) is 14.4. The van der Waals surface area contributed by atoms with Crippen LogP contribution in [0.3, 0.4) is 0 Å². The molecular formula is C23H29ClO3S. The number of esters is 1. The zero-order valence-corrected chi connectivity index (χ0v) is 17.9. The number of methoxy groups -OCH3 is 1. The molecule has 1 fully saturated rings. The van der Waals surface area contributed by atoms with E-state index in [0.717, 1.165) is 38.5 Å². The number of thiophene rings is 1. The highest BCUT2D eigenvalue weighted by atomic mass is 35.5. The number of aliphatic hydroxyl groups excluding tert-OH is 1. The molecule has 0 aliphatic heterocycles. The fourth-order valence-electron chi connectivity index (χ4n) is 4.36. The standard InChI is InChI=1S/C23H29ClO3S/c1-27-23(26)22-14-13-17(28-22)10-6-11-18-19(21(25)15-20(18)24)12-5-9-16-7-3-2-4-8-16/h2-4,7-8,13-14,18-21,25H,5-6,9-12,15H2,1H3/t18-,19-,20-,21-/m1/s1. The van der Waals surface area contributed by atoms with Crippen LogP contribution in [0, 0.1) is 11.8 Å². The molecule has 0 amide bonds. The van der Waals surface area contributed by atoms with Gasteiger partial charge in [-0.3, -0.25) is 0 Å². The van der Waals surface area contributed by atoms with Crippen molar-refractivity contribution in [2.24, 2.45) is 11.8 Å². The molecule has 0 unspecified atom stereocenters. The van der Waals surface area contributed by atoms with Gasteiger partial charge in [-0.1, -0.05) is 30.3 Å². The van der Waals surface area contributed by atoms with Crippen LogP contribution in [0.25, 0.3) is 0 Å². The van der Waals surface area contributed by atoms with E-state index in [9.17, 15) is 9.90 Å². The van der Waals surface area contributed by atoms with Crippen LogP contribution < -0.4 is 0 Å². The number of carbonyl (C=O) groups is 1. The molecule has 1 heterocycles. The highest BCUT2D eigenvalue weighted by molar-refractivity contribution is 7.13. The number of halogens is 1. The molecule has 3 rings (SSSR count). The van der Waals surface area contributed by atoms with Gasteiger partial charge in [0, 0.05) is 10.3 Å². The Bertz CT molecular complexity index is 745. The average molecular weight is 421 g/mol. The van der Waals surface area contributed by atoms with Crippen LogP contribution in [0.4, 0.5) is 0 Å². The van der Waals surface area contributed by atoms with Gasteiger partial charge in [0.15, 0.2) is 0 Å². The number of aliphatic hydroxyl groups is 1. The summed E-state index contributed by atoms with van der Waals surface area (Å²) in [6.45, 7) is 0. The van der Waals surface area contributed by atoms with Crippen LogP contribution in [0.5, 0.6) is 0 Å². The molecule has 1 saturated carbocycles. The van der Waals surface area contributed by atoms with Gasteiger partial charge in [0.1, 0.15) is 4.88 Å². The summed E-state index contributed by atoms with van der Waals surface area (Å²) in [5, 5.41) is 10.6. The largest absolute Gasteiger partial charge is 0.465 e. The molecule has 0 saturated heterocycles. The minimum atomic E-state index is -0.282. The van der Waals surface area contributed by atoms with E-state index >= 15 is 0 Å². The molecule has 4 atom stereocenters. The first-order chi connectivity index (χ1) is 13.6. The van der Waals surface area contributed by atoms with Crippen molar-refractivity contribution in [3.05, 3.63) is 57.8 Å². The summed E-state index contributed by atoms with van der Waals surface area (Å²) in [6.07, 6.45) is 6.56. The van der Waals surface area contributed by atoms with Crippen molar-refractivity contribution in [2.45, 2.75) is 56.4 Å². The predicted octanol–water partition coefficient (Wildman–Crippen LogP) is 5.48. The van der Waals surface area contributed by atoms with Crippen molar-refractivity contribution in [2.75, 3.05) is 7.11 Å². The number of alkyl halides is 1.